The third kappa shape index (κ3) is 3.17. The van der Waals surface area contributed by atoms with E-state index in [2.05, 4.69) is 37.4 Å². The Morgan fingerprint density at radius 2 is 2.05 bits per heavy atom. The van der Waals surface area contributed by atoms with E-state index in [1.165, 1.54) is 43.2 Å². The summed E-state index contributed by atoms with van der Waals surface area (Å²) in [4.78, 5) is 0. The Bertz CT molecular complexity index is 451. The van der Waals surface area contributed by atoms with Gasteiger partial charge in [-0.25, -0.2) is 0 Å². The summed E-state index contributed by atoms with van der Waals surface area (Å²) in [6.07, 6.45) is 8.45. The highest BCUT2D eigenvalue weighted by atomic mass is 16.5. The molecule has 1 saturated carbocycles. The minimum Gasteiger partial charge on any atom is -0.488 e. The summed E-state index contributed by atoms with van der Waals surface area (Å²) in [5.74, 6) is 1.96. The van der Waals surface area contributed by atoms with Crippen LogP contribution in [0.4, 0.5) is 0 Å². The standard InChI is InChI=1S/C18H27NO/c1-13-8-9-18-16(10-13)11-17(20-18)12-19-14(2)15-6-4-3-5-7-15/h8-10,14-15,17,19H,3-7,11-12H2,1-2H3/t14-,17?/m0/s1. The van der Waals surface area contributed by atoms with Crippen molar-refractivity contribution in [1.29, 1.82) is 0 Å². The van der Waals surface area contributed by atoms with Crippen LogP contribution in [0.1, 0.15) is 50.2 Å². The first-order valence-electron chi connectivity index (χ1n) is 8.22. The predicted octanol–water partition coefficient (Wildman–Crippen LogP) is 3.86. The van der Waals surface area contributed by atoms with Gasteiger partial charge in [0.2, 0.25) is 0 Å². The molecule has 0 amide bonds. The maximum Gasteiger partial charge on any atom is 0.123 e. The lowest BCUT2D eigenvalue weighted by Gasteiger charge is -2.29. The Labute approximate surface area is 122 Å². The van der Waals surface area contributed by atoms with Crippen LogP contribution in [0.2, 0.25) is 0 Å². The smallest absolute Gasteiger partial charge is 0.123 e. The topological polar surface area (TPSA) is 21.3 Å². The van der Waals surface area contributed by atoms with E-state index in [-0.39, 0.29) is 0 Å². The number of rotatable bonds is 4. The number of ether oxygens (including phenoxy) is 1. The van der Waals surface area contributed by atoms with Crippen molar-refractivity contribution in [2.45, 2.75) is 64.5 Å². The first-order chi connectivity index (χ1) is 9.72. The van der Waals surface area contributed by atoms with Crippen molar-refractivity contribution in [2.24, 2.45) is 5.92 Å². The van der Waals surface area contributed by atoms with Crippen LogP contribution in [0.5, 0.6) is 5.75 Å². The van der Waals surface area contributed by atoms with E-state index in [9.17, 15) is 0 Å². The number of hydrogen-bond donors (Lipinski definition) is 1. The van der Waals surface area contributed by atoms with Gasteiger partial charge in [0, 0.05) is 19.0 Å². The second-order valence-corrected chi connectivity index (χ2v) is 6.65. The normalized spacial score (nSPS) is 24.2. The van der Waals surface area contributed by atoms with Crippen LogP contribution in [-0.2, 0) is 6.42 Å². The number of hydrogen-bond acceptors (Lipinski definition) is 2. The van der Waals surface area contributed by atoms with E-state index in [4.69, 9.17) is 4.74 Å². The zero-order chi connectivity index (χ0) is 13.9. The molecule has 0 spiro atoms. The van der Waals surface area contributed by atoms with E-state index >= 15 is 0 Å². The van der Waals surface area contributed by atoms with E-state index in [0.717, 1.165) is 24.6 Å². The molecule has 110 valence electrons. The molecule has 1 aliphatic carbocycles. The Morgan fingerprint density at radius 1 is 1.25 bits per heavy atom. The molecule has 2 heteroatoms. The van der Waals surface area contributed by atoms with Crippen LogP contribution < -0.4 is 10.1 Å². The Hall–Kier alpha value is -1.02. The Balaban J connectivity index is 1.48. The molecule has 0 saturated heterocycles. The fourth-order valence-electron chi connectivity index (χ4n) is 3.68. The van der Waals surface area contributed by atoms with Gasteiger partial charge in [-0.05, 0) is 44.2 Å². The Morgan fingerprint density at radius 3 is 2.85 bits per heavy atom. The highest BCUT2D eigenvalue weighted by molar-refractivity contribution is 5.40. The third-order valence-electron chi connectivity index (χ3n) is 4.98. The second-order valence-electron chi connectivity index (χ2n) is 6.65. The van der Waals surface area contributed by atoms with E-state index in [0.29, 0.717) is 12.1 Å². The van der Waals surface area contributed by atoms with Crippen LogP contribution in [-0.4, -0.2) is 18.7 Å². The monoisotopic (exact) mass is 273 g/mol. The first kappa shape index (κ1) is 13.9. The molecule has 1 aliphatic heterocycles. The van der Waals surface area contributed by atoms with E-state index < -0.39 is 0 Å². The molecule has 1 aromatic rings. The average Bonchev–Trinajstić information content (AvgIpc) is 2.87. The number of aryl methyl sites for hydroxylation is 1. The van der Waals surface area contributed by atoms with Gasteiger partial charge in [0.1, 0.15) is 11.9 Å². The number of nitrogens with one attached hydrogen (secondary N) is 1. The zero-order valence-electron chi connectivity index (χ0n) is 12.8. The highest BCUT2D eigenvalue weighted by Gasteiger charge is 2.25. The molecule has 2 nitrogen and oxygen atoms in total. The first-order valence-corrected chi connectivity index (χ1v) is 8.22. The van der Waals surface area contributed by atoms with Crippen molar-refractivity contribution in [2.75, 3.05) is 6.54 Å². The molecular weight excluding hydrogens is 246 g/mol. The van der Waals surface area contributed by atoms with Crippen LogP contribution >= 0.6 is 0 Å². The van der Waals surface area contributed by atoms with Gasteiger partial charge in [-0.2, -0.15) is 0 Å². The van der Waals surface area contributed by atoms with Crippen LogP contribution in [0.15, 0.2) is 18.2 Å². The minimum atomic E-state index is 0.317. The Kier molecular flexibility index (Phi) is 4.30. The fourth-order valence-corrected chi connectivity index (χ4v) is 3.68. The SMILES string of the molecule is Cc1ccc2c(c1)CC(CN[C@@H](C)C1CCCCC1)O2. The third-order valence-corrected chi connectivity index (χ3v) is 4.98. The molecule has 20 heavy (non-hydrogen) atoms. The molecule has 0 radical (unpaired) electrons. The van der Waals surface area contributed by atoms with Gasteiger partial charge in [-0.3, -0.25) is 0 Å². The minimum absolute atomic E-state index is 0.317. The maximum absolute atomic E-state index is 6.04. The van der Waals surface area contributed by atoms with Gasteiger partial charge in [-0.15, -0.1) is 0 Å². The zero-order valence-corrected chi connectivity index (χ0v) is 12.8. The summed E-state index contributed by atoms with van der Waals surface area (Å²) in [6, 6.07) is 7.15. The lowest BCUT2D eigenvalue weighted by atomic mass is 9.84. The summed E-state index contributed by atoms with van der Waals surface area (Å²) >= 11 is 0. The fraction of sp³-hybridized carbons (Fsp3) is 0.667. The lowest BCUT2D eigenvalue weighted by molar-refractivity contribution is 0.204. The van der Waals surface area contributed by atoms with Crippen molar-refractivity contribution in [3.63, 3.8) is 0 Å². The lowest BCUT2D eigenvalue weighted by Crippen LogP contribution is -2.40. The molecule has 1 fully saturated rings. The predicted molar refractivity (Wildman–Crippen MR) is 83.3 cm³/mol. The molecule has 2 aliphatic rings. The van der Waals surface area contributed by atoms with Crippen molar-refractivity contribution >= 4 is 0 Å². The summed E-state index contributed by atoms with van der Waals surface area (Å²) in [5, 5.41) is 3.72. The number of fused-ring (bicyclic) bond motifs is 1. The van der Waals surface area contributed by atoms with Crippen molar-refractivity contribution in [1.82, 2.24) is 5.32 Å². The molecule has 0 bridgehead atoms. The van der Waals surface area contributed by atoms with Crippen molar-refractivity contribution in [3.8, 4) is 5.75 Å². The van der Waals surface area contributed by atoms with Gasteiger partial charge in [0.05, 0.1) is 0 Å². The molecule has 1 unspecified atom stereocenters. The van der Waals surface area contributed by atoms with E-state index in [1.54, 1.807) is 0 Å². The van der Waals surface area contributed by atoms with Crippen LogP contribution in [0.3, 0.4) is 0 Å². The van der Waals surface area contributed by atoms with Crippen molar-refractivity contribution in [3.05, 3.63) is 29.3 Å². The summed E-state index contributed by atoms with van der Waals surface area (Å²) in [6.45, 7) is 5.48. The molecule has 1 aromatic carbocycles. The van der Waals surface area contributed by atoms with Gasteiger partial charge in [-0.1, -0.05) is 37.0 Å². The van der Waals surface area contributed by atoms with E-state index in [1.807, 2.05) is 0 Å². The average molecular weight is 273 g/mol. The maximum atomic E-state index is 6.04. The summed E-state index contributed by atoms with van der Waals surface area (Å²) in [5.41, 5.74) is 2.71. The van der Waals surface area contributed by atoms with Gasteiger partial charge in [0.25, 0.3) is 0 Å². The summed E-state index contributed by atoms with van der Waals surface area (Å²) < 4.78 is 6.04. The van der Waals surface area contributed by atoms with Gasteiger partial charge < -0.3 is 10.1 Å². The number of benzene rings is 1. The molecule has 1 heterocycles. The quantitative estimate of drug-likeness (QED) is 0.899. The van der Waals surface area contributed by atoms with Crippen LogP contribution in [0.25, 0.3) is 0 Å². The van der Waals surface area contributed by atoms with Gasteiger partial charge in [0.15, 0.2) is 0 Å². The molecule has 1 N–H and O–H groups in total. The second kappa shape index (κ2) is 6.17. The largest absolute Gasteiger partial charge is 0.488 e. The van der Waals surface area contributed by atoms with Crippen LogP contribution in [0, 0.1) is 12.8 Å². The molecule has 3 rings (SSSR count). The molecule has 2 atom stereocenters. The molecular formula is C18H27NO. The molecule has 0 aromatic heterocycles. The highest BCUT2D eigenvalue weighted by Crippen LogP contribution is 2.30. The van der Waals surface area contributed by atoms with Gasteiger partial charge >= 0.3 is 0 Å². The van der Waals surface area contributed by atoms with Crippen molar-refractivity contribution < 1.29 is 4.74 Å². The summed E-state index contributed by atoms with van der Waals surface area (Å²) in [7, 11) is 0.